The van der Waals surface area contributed by atoms with Gasteiger partial charge < -0.3 is 5.32 Å². The average molecular weight is 221 g/mol. The van der Waals surface area contributed by atoms with Crippen molar-refractivity contribution >= 4 is 5.91 Å². The molecule has 0 aliphatic rings. The lowest BCUT2D eigenvalue weighted by atomic mass is 9.96. The van der Waals surface area contributed by atoms with Gasteiger partial charge in [0.2, 0.25) is 5.82 Å². The van der Waals surface area contributed by atoms with E-state index >= 15 is 0 Å². The van der Waals surface area contributed by atoms with Gasteiger partial charge in [-0.25, -0.2) is 4.98 Å². The number of H-pyrrole nitrogens is 1. The number of nitriles is 1. The molecule has 0 radical (unpaired) electrons. The zero-order valence-electron chi connectivity index (χ0n) is 9.66. The lowest BCUT2D eigenvalue weighted by Gasteiger charge is -2.12. The summed E-state index contributed by atoms with van der Waals surface area (Å²) in [5, 5.41) is 17.4. The predicted octanol–water partition coefficient (Wildman–Crippen LogP) is 0.746. The lowest BCUT2D eigenvalue weighted by molar-refractivity contribution is 0.0944. The molecule has 16 heavy (non-hydrogen) atoms. The smallest absolute Gasteiger partial charge is 0.290 e. The number of carbonyl (C=O) groups is 1. The van der Waals surface area contributed by atoms with Crippen molar-refractivity contribution in [3.8, 4) is 6.07 Å². The third-order valence-electron chi connectivity index (χ3n) is 1.92. The fourth-order valence-corrected chi connectivity index (χ4v) is 1.01. The normalized spacial score (nSPS) is 10.9. The van der Waals surface area contributed by atoms with Crippen molar-refractivity contribution in [2.75, 3.05) is 6.54 Å². The molecule has 1 rings (SSSR count). The highest BCUT2D eigenvalue weighted by atomic mass is 16.2. The van der Waals surface area contributed by atoms with Gasteiger partial charge in [0, 0.05) is 12.0 Å². The van der Waals surface area contributed by atoms with E-state index in [-0.39, 0.29) is 23.6 Å². The van der Waals surface area contributed by atoms with E-state index in [1.165, 1.54) is 0 Å². The van der Waals surface area contributed by atoms with Crippen molar-refractivity contribution in [3.05, 3.63) is 11.6 Å². The SMILES string of the molecule is CC(C)(C)c1nc(C(=O)NCCC#N)n[nH]1. The summed E-state index contributed by atoms with van der Waals surface area (Å²) in [7, 11) is 0. The fraction of sp³-hybridized carbons (Fsp3) is 0.600. The molecule has 0 bridgehead atoms. The molecule has 0 aromatic carbocycles. The Morgan fingerprint density at radius 3 is 2.75 bits per heavy atom. The molecule has 86 valence electrons. The minimum atomic E-state index is -0.359. The molecule has 6 heteroatoms. The van der Waals surface area contributed by atoms with Gasteiger partial charge in [-0.05, 0) is 0 Å². The van der Waals surface area contributed by atoms with Crippen molar-refractivity contribution < 1.29 is 4.79 Å². The van der Waals surface area contributed by atoms with E-state index in [9.17, 15) is 4.79 Å². The molecule has 0 atom stereocenters. The Hall–Kier alpha value is -1.90. The minimum absolute atomic E-state index is 0.114. The summed E-state index contributed by atoms with van der Waals surface area (Å²) in [5.74, 6) is 0.419. The molecule has 0 fully saturated rings. The highest BCUT2D eigenvalue weighted by Crippen LogP contribution is 2.17. The van der Waals surface area contributed by atoms with E-state index in [1.807, 2.05) is 26.8 Å². The van der Waals surface area contributed by atoms with Crippen LogP contribution in [0.25, 0.3) is 0 Å². The van der Waals surface area contributed by atoms with E-state index in [1.54, 1.807) is 0 Å². The van der Waals surface area contributed by atoms with Gasteiger partial charge in [0.05, 0.1) is 12.5 Å². The molecule has 1 amide bonds. The first-order chi connectivity index (χ1) is 7.45. The molecule has 0 aliphatic carbocycles. The number of aromatic amines is 1. The quantitative estimate of drug-likeness (QED) is 0.736. The largest absolute Gasteiger partial charge is 0.348 e. The molecular weight excluding hydrogens is 206 g/mol. The third-order valence-corrected chi connectivity index (χ3v) is 1.92. The van der Waals surface area contributed by atoms with Crippen LogP contribution in [0.1, 0.15) is 43.6 Å². The Labute approximate surface area is 94.1 Å². The molecule has 2 N–H and O–H groups in total. The topological polar surface area (TPSA) is 94.5 Å². The summed E-state index contributed by atoms with van der Waals surface area (Å²) >= 11 is 0. The Morgan fingerprint density at radius 1 is 1.56 bits per heavy atom. The van der Waals surface area contributed by atoms with Gasteiger partial charge in [0.15, 0.2) is 0 Å². The summed E-state index contributed by atoms with van der Waals surface area (Å²) in [6.07, 6.45) is 0.280. The number of hydrogen-bond donors (Lipinski definition) is 2. The molecule has 1 aromatic rings. The highest BCUT2D eigenvalue weighted by Gasteiger charge is 2.20. The van der Waals surface area contributed by atoms with Gasteiger partial charge in [-0.2, -0.15) is 5.26 Å². The first-order valence-corrected chi connectivity index (χ1v) is 5.03. The van der Waals surface area contributed by atoms with Gasteiger partial charge in [0.25, 0.3) is 5.91 Å². The van der Waals surface area contributed by atoms with Gasteiger partial charge in [-0.15, -0.1) is 5.10 Å². The molecule has 0 saturated heterocycles. The highest BCUT2D eigenvalue weighted by molar-refractivity contribution is 5.90. The van der Waals surface area contributed by atoms with E-state index in [0.717, 1.165) is 0 Å². The first-order valence-electron chi connectivity index (χ1n) is 5.03. The third kappa shape index (κ3) is 3.05. The summed E-state index contributed by atoms with van der Waals surface area (Å²) in [6.45, 7) is 6.25. The molecule has 6 nitrogen and oxygen atoms in total. The second kappa shape index (κ2) is 4.75. The van der Waals surface area contributed by atoms with Crippen LogP contribution in [0, 0.1) is 11.3 Å². The average Bonchev–Trinajstić information content (AvgIpc) is 2.66. The summed E-state index contributed by atoms with van der Waals surface area (Å²) in [5.41, 5.74) is -0.168. The molecular formula is C10H15N5O. The Morgan fingerprint density at radius 2 is 2.25 bits per heavy atom. The van der Waals surface area contributed by atoms with Crippen LogP contribution in [-0.2, 0) is 5.41 Å². The summed E-state index contributed by atoms with van der Waals surface area (Å²) in [4.78, 5) is 15.6. The van der Waals surface area contributed by atoms with Gasteiger partial charge in [0.1, 0.15) is 5.82 Å². The van der Waals surface area contributed by atoms with Crippen LogP contribution in [0.3, 0.4) is 0 Å². The van der Waals surface area contributed by atoms with Gasteiger partial charge >= 0.3 is 0 Å². The van der Waals surface area contributed by atoms with Crippen LogP contribution in [0.15, 0.2) is 0 Å². The van der Waals surface area contributed by atoms with Crippen molar-refractivity contribution in [1.82, 2.24) is 20.5 Å². The van der Waals surface area contributed by atoms with E-state index in [0.29, 0.717) is 12.4 Å². The second-order valence-corrected chi connectivity index (χ2v) is 4.42. The van der Waals surface area contributed by atoms with Crippen molar-refractivity contribution in [2.24, 2.45) is 0 Å². The number of aromatic nitrogens is 3. The second-order valence-electron chi connectivity index (χ2n) is 4.42. The Balaban J connectivity index is 2.65. The maximum absolute atomic E-state index is 11.5. The minimum Gasteiger partial charge on any atom is -0.348 e. The Bertz CT molecular complexity index is 410. The van der Waals surface area contributed by atoms with Gasteiger partial charge in [-0.3, -0.25) is 9.89 Å². The van der Waals surface area contributed by atoms with Crippen LogP contribution < -0.4 is 5.32 Å². The number of nitrogens with zero attached hydrogens (tertiary/aromatic N) is 3. The van der Waals surface area contributed by atoms with Crippen LogP contribution in [0.2, 0.25) is 0 Å². The standard InChI is InChI=1S/C10H15N5O/c1-10(2,3)9-13-7(14-15-9)8(16)12-6-4-5-11/h4,6H2,1-3H3,(H,12,16)(H,13,14,15). The van der Waals surface area contributed by atoms with Crippen molar-refractivity contribution in [1.29, 1.82) is 5.26 Å². The monoisotopic (exact) mass is 221 g/mol. The molecule has 0 spiro atoms. The van der Waals surface area contributed by atoms with Crippen LogP contribution in [0.4, 0.5) is 0 Å². The summed E-state index contributed by atoms with van der Waals surface area (Å²) in [6, 6.07) is 1.94. The molecule has 0 unspecified atom stereocenters. The maximum atomic E-state index is 11.5. The Kier molecular flexibility index (Phi) is 3.61. The number of hydrogen-bond acceptors (Lipinski definition) is 4. The molecule has 0 aliphatic heterocycles. The zero-order valence-corrected chi connectivity index (χ0v) is 9.66. The predicted molar refractivity (Wildman–Crippen MR) is 57.6 cm³/mol. The fourth-order valence-electron chi connectivity index (χ4n) is 1.01. The van der Waals surface area contributed by atoms with Crippen molar-refractivity contribution in [2.45, 2.75) is 32.6 Å². The molecule has 1 heterocycles. The molecule has 0 saturated carbocycles. The van der Waals surface area contributed by atoms with Crippen molar-refractivity contribution in [3.63, 3.8) is 0 Å². The van der Waals surface area contributed by atoms with E-state index < -0.39 is 0 Å². The number of rotatable bonds is 3. The number of carbonyl (C=O) groups excluding carboxylic acids is 1. The molecule has 1 aromatic heterocycles. The lowest BCUT2D eigenvalue weighted by Crippen LogP contribution is -2.25. The van der Waals surface area contributed by atoms with Crippen LogP contribution in [0.5, 0.6) is 0 Å². The van der Waals surface area contributed by atoms with E-state index in [4.69, 9.17) is 5.26 Å². The van der Waals surface area contributed by atoms with E-state index in [2.05, 4.69) is 20.5 Å². The maximum Gasteiger partial charge on any atom is 0.290 e. The number of amides is 1. The zero-order chi connectivity index (χ0) is 12.2. The summed E-state index contributed by atoms with van der Waals surface area (Å²) < 4.78 is 0. The van der Waals surface area contributed by atoms with Gasteiger partial charge in [-0.1, -0.05) is 20.8 Å². The van der Waals surface area contributed by atoms with Crippen LogP contribution >= 0.6 is 0 Å². The van der Waals surface area contributed by atoms with Crippen LogP contribution in [-0.4, -0.2) is 27.6 Å². The first kappa shape index (κ1) is 12.2. The number of nitrogens with one attached hydrogen (secondary N) is 2.